The number of aliphatic hydroxyl groups is 1. The number of methoxy groups -OCH3 is 1. The minimum atomic E-state index is -0.575. The van der Waals surface area contributed by atoms with Crippen molar-refractivity contribution in [1.82, 2.24) is 10.6 Å². The lowest BCUT2D eigenvalue weighted by Gasteiger charge is -2.20. The molecule has 0 aliphatic heterocycles. The number of ether oxygens (including phenoxy) is 1. The van der Waals surface area contributed by atoms with Gasteiger partial charge in [0.25, 0.3) is 0 Å². The molecular weight excluding hydrogens is 230 g/mol. The number of nitrogens with one attached hydrogen (secondary N) is 2. The molecule has 0 amide bonds. The Bertz CT molecular complexity index is 251. The summed E-state index contributed by atoms with van der Waals surface area (Å²) in [6.07, 6.45) is 4.93. The molecule has 0 radical (unpaired) electrons. The van der Waals surface area contributed by atoms with Gasteiger partial charge in [-0.25, -0.2) is 0 Å². The molecule has 18 heavy (non-hydrogen) atoms. The summed E-state index contributed by atoms with van der Waals surface area (Å²) in [5, 5.41) is 16.7. The van der Waals surface area contributed by atoms with Crippen molar-refractivity contribution in [2.45, 2.75) is 44.6 Å². The predicted octanol–water partition coefficient (Wildman–Crippen LogP) is 0.883. The van der Waals surface area contributed by atoms with Crippen molar-refractivity contribution < 1.29 is 9.84 Å². The molecule has 0 bridgehead atoms. The maximum absolute atomic E-state index is 10.2. The van der Waals surface area contributed by atoms with Gasteiger partial charge >= 0.3 is 0 Å². The van der Waals surface area contributed by atoms with E-state index < -0.39 is 5.60 Å². The molecule has 5 heteroatoms. The Hall–Kier alpha value is -0.810. The minimum Gasteiger partial charge on any atom is -0.388 e. The Morgan fingerprint density at radius 3 is 2.67 bits per heavy atom. The van der Waals surface area contributed by atoms with Crippen LogP contribution < -0.4 is 10.6 Å². The van der Waals surface area contributed by atoms with Crippen molar-refractivity contribution in [3.05, 3.63) is 0 Å². The van der Waals surface area contributed by atoms with E-state index in [-0.39, 0.29) is 0 Å². The first-order valence-electron chi connectivity index (χ1n) is 6.94. The van der Waals surface area contributed by atoms with Gasteiger partial charge in [0, 0.05) is 26.8 Å². The van der Waals surface area contributed by atoms with Crippen LogP contribution in [0.15, 0.2) is 4.99 Å². The van der Waals surface area contributed by atoms with Gasteiger partial charge in [0.15, 0.2) is 5.96 Å². The molecule has 1 rings (SSSR count). The highest BCUT2D eigenvalue weighted by atomic mass is 16.5. The first kappa shape index (κ1) is 15.2. The molecule has 0 spiro atoms. The van der Waals surface area contributed by atoms with Crippen LogP contribution in [0.1, 0.15) is 39.0 Å². The molecule has 1 saturated carbocycles. The van der Waals surface area contributed by atoms with Crippen molar-refractivity contribution in [1.29, 1.82) is 0 Å². The highest BCUT2D eigenvalue weighted by Crippen LogP contribution is 2.29. The zero-order valence-electron chi connectivity index (χ0n) is 11.7. The molecule has 0 aromatic heterocycles. The molecule has 0 aromatic carbocycles. The van der Waals surface area contributed by atoms with Crippen LogP contribution in [-0.2, 0) is 4.74 Å². The third kappa shape index (κ3) is 5.69. The molecule has 0 aromatic rings. The van der Waals surface area contributed by atoms with E-state index >= 15 is 0 Å². The minimum absolute atomic E-state index is 0.493. The number of aliphatic imine (C=N–C) groups is 1. The Morgan fingerprint density at radius 2 is 2.06 bits per heavy atom. The Kier molecular flexibility index (Phi) is 7.05. The fourth-order valence-electron chi connectivity index (χ4n) is 2.18. The third-order valence-corrected chi connectivity index (χ3v) is 3.23. The summed E-state index contributed by atoms with van der Waals surface area (Å²) in [5.74, 6) is 0.786. The maximum Gasteiger partial charge on any atom is 0.191 e. The zero-order chi connectivity index (χ0) is 13.3. The molecule has 1 fully saturated rings. The predicted molar refractivity (Wildman–Crippen MR) is 73.9 cm³/mol. The number of guanidine groups is 1. The Balaban J connectivity index is 2.34. The van der Waals surface area contributed by atoms with Crippen LogP contribution in [0.5, 0.6) is 0 Å². The van der Waals surface area contributed by atoms with E-state index in [2.05, 4.69) is 15.6 Å². The van der Waals surface area contributed by atoms with Crippen molar-refractivity contribution in [2.24, 2.45) is 4.99 Å². The van der Waals surface area contributed by atoms with E-state index in [1.165, 1.54) is 0 Å². The van der Waals surface area contributed by atoms with Crippen molar-refractivity contribution in [3.63, 3.8) is 0 Å². The summed E-state index contributed by atoms with van der Waals surface area (Å²) in [5.41, 5.74) is -0.575. The van der Waals surface area contributed by atoms with Crippen LogP contribution in [0.4, 0.5) is 0 Å². The van der Waals surface area contributed by atoms with Gasteiger partial charge in [-0.2, -0.15) is 0 Å². The lowest BCUT2D eigenvalue weighted by atomic mass is 10.0. The lowest BCUT2D eigenvalue weighted by molar-refractivity contribution is 0.0574. The topological polar surface area (TPSA) is 65.9 Å². The van der Waals surface area contributed by atoms with Gasteiger partial charge in [0.1, 0.15) is 0 Å². The molecule has 0 heterocycles. The van der Waals surface area contributed by atoms with Crippen LogP contribution in [0, 0.1) is 0 Å². The lowest BCUT2D eigenvalue weighted by Crippen LogP contribution is -2.40. The maximum atomic E-state index is 10.2. The largest absolute Gasteiger partial charge is 0.388 e. The highest BCUT2D eigenvalue weighted by molar-refractivity contribution is 5.79. The van der Waals surface area contributed by atoms with Crippen molar-refractivity contribution >= 4 is 5.96 Å². The number of rotatable bonds is 7. The molecule has 1 aliphatic rings. The number of hydrogen-bond acceptors (Lipinski definition) is 3. The van der Waals surface area contributed by atoms with E-state index in [0.29, 0.717) is 6.54 Å². The first-order valence-corrected chi connectivity index (χ1v) is 6.94. The van der Waals surface area contributed by atoms with Crippen molar-refractivity contribution in [2.75, 3.05) is 33.4 Å². The van der Waals surface area contributed by atoms with Crippen LogP contribution in [0.3, 0.4) is 0 Å². The summed E-state index contributed by atoms with van der Waals surface area (Å²) in [6.45, 7) is 4.94. The molecule has 0 atom stereocenters. The van der Waals surface area contributed by atoms with Crippen LogP contribution in [0.25, 0.3) is 0 Å². The molecule has 1 aliphatic carbocycles. The van der Waals surface area contributed by atoms with E-state index in [4.69, 9.17) is 4.74 Å². The summed E-state index contributed by atoms with van der Waals surface area (Å²) >= 11 is 0. The standard InChI is InChI=1S/C13H27N3O2/c1-3-14-12(15-9-6-10-18-2)16-11-13(17)7-4-5-8-13/h17H,3-11H2,1-2H3,(H2,14,15,16). The van der Waals surface area contributed by atoms with Gasteiger partial charge in [-0.1, -0.05) is 12.8 Å². The quantitative estimate of drug-likeness (QED) is 0.360. The van der Waals surface area contributed by atoms with E-state index in [0.717, 1.165) is 57.8 Å². The molecule has 0 saturated heterocycles. The van der Waals surface area contributed by atoms with Crippen LogP contribution in [-0.4, -0.2) is 50.0 Å². The van der Waals surface area contributed by atoms with E-state index in [1.54, 1.807) is 7.11 Å². The molecule has 0 unspecified atom stereocenters. The van der Waals surface area contributed by atoms with Gasteiger partial charge in [-0.15, -0.1) is 0 Å². The highest BCUT2D eigenvalue weighted by Gasteiger charge is 2.30. The summed E-state index contributed by atoms with van der Waals surface area (Å²) in [7, 11) is 1.70. The van der Waals surface area contributed by atoms with Gasteiger partial charge < -0.3 is 20.5 Å². The van der Waals surface area contributed by atoms with E-state index in [1.807, 2.05) is 6.92 Å². The average Bonchev–Trinajstić information content (AvgIpc) is 2.79. The fourth-order valence-corrected chi connectivity index (χ4v) is 2.18. The van der Waals surface area contributed by atoms with Gasteiger partial charge in [0.05, 0.1) is 12.1 Å². The zero-order valence-corrected chi connectivity index (χ0v) is 11.7. The first-order chi connectivity index (χ1) is 8.70. The molecule has 5 nitrogen and oxygen atoms in total. The normalized spacial score (nSPS) is 18.9. The summed E-state index contributed by atoms with van der Waals surface area (Å²) in [6, 6.07) is 0. The number of hydrogen-bond donors (Lipinski definition) is 3. The smallest absolute Gasteiger partial charge is 0.191 e. The summed E-state index contributed by atoms with van der Waals surface area (Å²) < 4.78 is 5.00. The Morgan fingerprint density at radius 1 is 1.33 bits per heavy atom. The second kappa shape index (κ2) is 8.32. The van der Waals surface area contributed by atoms with Crippen LogP contribution in [0.2, 0.25) is 0 Å². The van der Waals surface area contributed by atoms with Crippen molar-refractivity contribution in [3.8, 4) is 0 Å². The van der Waals surface area contributed by atoms with Gasteiger partial charge in [-0.05, 0) is 26.2 Å². The Labute approximate surface area is 110 Å². The second-order valence-electron chi connectivity index (χ2n) is 4.90. The van der Waals surface area contributed by atoms with Crippen LogP contribution >= 0.6 is 0 Å². The van der Waals surface area contributed by atoms with Gasteiger partial charge in [-0.3, -0.25) is 4.99 Å². The average molecular weight is 257 g/mol. The fraction of sp³-hybridized carbons (Fsp3) is 0.923. The molecule has 106 valence electrons. The van der Waals surface area contributed by atoms with Gasteiger partial charge in [0.2, 0.25) is 0 Å². The second-order valence-corrected chi connectivity index (χ2v) is 4.90. The molecule has 3 N–H and O–H groups in total. The van der Waals surface area contributed by atoms with E-state index in [9.17, 15) is 5.11 Å². The third-order valence-electron chi connectivity index (χ3n) is 3.23. The number of nitrogens with zero attached hydrogens (tertiary/aromatic N) is 1. The summed E-state index contributed by atoms with van der Waals surface area (Å²) in [4.78, 5) is 4.47. The SMILES string of the molecule is CCNC(=NCC1(O)CCCC1)NCCCOC. The molecular formula is C13H27N3O2. The monoisotopic (exact) mass is 257 g/mol.